The molecule has 7 heteroatoms. The number of benzene rings is 2. The Kier molecular flexibility index (Phi) is 5.75. The van der Waals surface area contributed by atoms with Gasteiger partial charge in [0.2, 0.25) is 5.91 Å². The summed E-state index contributed by atoms with van der Waals surface area (Å²) >= 11 is 0. The number of nitrogens with zero attached hydrogens (tertiary/aromatic N) is 1. The molecule has 0 bridgehead atoms. The summed E-state index contributed by atoms with van der Waals surface area (Å²) in [5, 5.41) is 0.725. The van der Waals surface area contributed by atoms with Gasteiger partial charge in [-0.05, 0) is 30.2 Å². The van der Waals surface area contributed by atoms with Gasteiger partial charge >= 0.3 is 11.6 Å². The van der Waals surface area contributed by atoms with Gasteiger partial charge < -0.3 is 18.8 Å². The largest absolute Gasteiger partial charge is 0.495 e. The molecule has 1 fully saturated rings. The average Bonchev–Trinajstić information content (AvgIpc) is 3.18. The second kappa shape index (κ2) is 8.63. The molecule has 0 unspecified atom stereocenters. The molecule has 7 nitrogen and oxygen atoms in total. The summed E-state index contributed by atoms with van der Waals surface area (Å²) in [6.07, 6.45) is 0.881. The predicted octanol–water partition coefficient (Wildman–Crippen LogP) is 3.46. The number of hydrogen-bond donors (Lipinski definition) is 0. The van der Waals surface area contributed by atoms with Crippen LogP contribution in [-0.2, 0) is 27.4 Å². The molecule has 0 aliphatic carbocycles. The fraction of sp³-hybridized carbons (Fsp3) is 0.292. The van der Waals surface area contributed by atoms with E-state index in [0.717, 1.165) is 17.4 Å². The molecule has 0 saturated carbocycles. The van der Waals surface area contributed by atoms with Crippen LogP contribution in [0.25, 0.3) is 11.0 Å². The molecule has 0 radical (unpaired) electrons. The van der Waals surface area contributed by atoms with E-state index >= 15 is 0 Å². The number of aryl methyl sites for hydroxylation is 1. The number of ether oxygens (including phenoxy) is 2. The molecule has 2 heterocycles. The zero-order valence-corrected chi connectivity index (χ0v) is 17.4. The lowest BCUT2D eigenvalue weighted by atomic mass is 10.1. The van der Waals surface area contributed by atoms with E-state index in [2.05, 4.69) is 0 Å². The summed E-state index contributed by atoms with van der Waals surface area (Å²) < 4.78 is 16.1. The molecular formula is C24H23NO6. The van der Waals surface area contributed by atoms with Crippen molar-refractivity contribution >= 4 is 28.5 Å². The van der Waals surface area contributed by atoms with Crippen molar-refractivity contribution in [2.75, 3.05) is 18.6 Å². The van der Waals surface area contributed by atoms with Gasteiger partial charge in [-0.2, -0.15) is 0 Å². The molecule has 0 spiro atoms. The molecule has 160 valence electrons. The van der Waals surface area contributed by atoms with Crippen molar-refractivity contribution in [2.24, 2.45) is 5.92 Å². The first-order chi connectivity index (χ1) is 15.0. The Bertz CT molecular complexity index is 1200. The molecule has 1 aliphatic heterocycles. The van der Waals surface area contributed by atoms with Gasteiger partial charge in [0.1, 0.15) is 17.9 Å². The fourth-order valence-electron chi connectivity index (χ4n) is 3.83. The number of hydrogen-bond acceptors (Lipinski definition) is 6. The topological polar surface area (TPSA) is 86.0 Å². The van der Waals surface area contributed by atoms with E-state index < -0.39 is 17.5 Å². The Hall–Kier alpha value is -3.61. The lowest BCUT2D eigenvalue weighted by molar-refractivity contribution is -0.149. The summed E-state index contributed by atoms with van der Waals surface area (Å²) in [5.74, 6) is -0.657. The molecule has 1 aromatic heterocycles. The zero-order valence-electron chi connectivity index (χ0n) is 17.4. The van der Waals surface area contributed by atoms with Crippen LogP contribution >= 0.6 is 0 Å². The highest BCUT2D eigenvalue weighted by molar-refractivity contribution is 6.00. The molecule has 3 aromatic rings. The van der Waals surface area contributed by atoms with E-state index in [1.165, 1.54) is 13.2 Å². The minimum absolute atomic E-state index is 0.0637. The molecule has 31 heavy (non-hydrogen) atoms. The van der Waals surface area contributed by atoms with Crippen molar-refractivity contribution in [3.05, 3.63) is 70.1 Å². The third kappa shape index (κ3) is 4.17. The van der Waals surface area contributed by atoms with Gasteiger partial charge in [-0.25, -0.2) is 4.79 Å². The van der Waals surface area contributed by atoms with Crippen molar-refractivity contribution in [1.82, 2.24) is 0 Å². The molecule has 1 aliphatic rings. The lowest BCUT2D eigenvalue weighted by Gasteiger charge is -2.19. The highest BCUT2D eigenvalue weighted by atomic mass is 16.5. The van der Waals surface area contributed by atoms with Crippen molar-refractivity contribution in [3.63, 3.8) is 0 Å². The summed E-state index contributed by atoms with van der Waals surface area (Å²) in [6.45, 7) is 2.17. The average molecular weight is 421 g/mol. The van der Waals surface area contributed by atoms with Crippen LogP contribution in [0.5, 0.6) is 5.75 Å². The van der Waals surface area contributed by atoms with Gasteiger partial charge in [0.05, 0.1) is 18.7 Å². The zero-order chi connectivity index (χ0) is 22.0. The highest BCUT2D eigenvalue weighted by Gasteiger charge is 2.37. The number of para-hydroxylation sites is 2. The van der Waals surface area contributed by atoms with Crippen LogP contribution in [0.15, 0.2) is 57.7 Å². The number of anilines is 1. The van der Waals surface area contributed by atoms with Crippen molar-refractivity contribution in [2.45, 2.75) is 26.4 Å². The maximum Gasteiger partial charge on any atom is 0.336 e. The highest BCUT2D eigenvalue weighted by Crippen LogP contribution is 2.33. The van der Waals surface area contributed by atoms with Crippen LogP contribution in [0.2, 0.25) is 0 Å². The lowest BCUT2D eigenvalue weighted by Crippen LogP contribution is -2.26. The number of amides is 1. The summed E-state index contributed by atoms with van der Waals surface area (Å²) in [4.78, 5) is 38.7. The standard InChI is InChI=1S/C24H23NO6/c1-3-15-8-9-18-17(12-23(27)31-21(18)10-15)14-30-24(28)16-11-22(26)25(13-16)19-6-4-5-7-20(19)29-2/h4-10,12,16H,3,11,13-14H2,1-2H3/t16-/m1/s1. The van der Waals surface area contributed by atoms with E-state index in [1.54, 1.807) is 17.0 Å². The van der Waals surface area contributed by atoms with E-state index in [4.69, 9.17) is 13.9 Å². The first-order valence-electron chi connectivity index (χ1n) is 10.2. The van der Waals surface area contributed by atoms with Crippen LogP contribution in [-0.4, -0.2) is 25.5 Å². The first kappa shape index (κ1) is 20.7. The maximum atomic E-state index is 12.7. The van der Waals surface area contributed by atoms with Crippen LogP contribution in [0.4, 0.5) is 5.69 Å². The molecule has 0 N–H and O–H groups in total. The number of carbonyl (C=O) groups is 2. The quantitative estimate of drug-likeness (QED) is 0.448. The predicted molar refractivity (Wildman–Crippen MR) is 115 cm³/mol. The Morgan fingerprint density at radius 3 is 2.74 bits per heavy atom. The fourth-order valence-corrected chi connectivity index (χ4v) is 3.83. The van der Waals surface area contributed by atoms with Gasteiger partial charge in [0.15, 0.2) is 0 Å². The van der Waals surface area contributed by atoms with Gasteiger partial charge in [0.25, 0.3) is 0 Å². The number of esters is 1. The van der Waals surface area contributed by atoms with E-state index in [-0.39, 0.29) is 25.5 Å². The molecule has 2 aromatic carbocycles. The second-order valence-corrected chi connectivity index (χ2v) is 7.46. The van der Waals surface area contributed by atoms with Gasteiger partial charge in [-0.1, -0.05) is 31.2 Å². The van der Waals surface area contributed by atoms with E-state index in [9.17, 15) is 14.4 Å². The molecule has 4 rings (SSSR count). The Labute approximate surface area is 179 Å². The normalized spacial score (nSPS) is 16.0. The van der Waals surface area contributed by atoms with E-state index in [1.807, 2.05) is 37.3 Å². The number of fused-ring (bicyclic) bond motifs is 1. The third-order valence-corrected chi connectivity index (χ3v) is 5.51. The second-order valence-electron chi connectivity index (χ2n) is 7.46. The van der Waals surface area contributed by atoms with Crippen molar-refractivity contribution < 1.29 is 23.5 Å². The number of rotatable bonds is 6. The summed E-state index contributed by atoms with van der Waals surface area (Å²) in [5.41, 5.74) is 2.23. The van der Waals surface area contributed by atoms with Crippen LogP contribution < -0.4 is 15.3 Å². The Morgan fingerprint density at radius 2 is 1.97 bits per heavy atom. The first-order valence-corrected chi connectivity index (χ1v) is 10.2. The van der Waals surface area contributed by atoms with Crippen molar-refractivity contribution in [3.8, 4) is 5.75 Å². The summed E-state index contributed by atoms with van der Waals surface area (Å²) in [7, 11) is 1.54. The maximum absolute atomic E-state index is 12.7. The third-order valence-electron chi connectivity index (χ3n) is 5.51. The van der Waals surface area contributed by atoms with Gasteiger partial charge in [0, 0.05) is 30.0 Å². The number of carbonyl (C=O) groups excluding carboxylic acids is 2. The van der Waals surface area contributed by atoms with Gasteiger partial charge in [-0.3, -0.25) is 9.59 Å². The van der Waals surface area contributed by atoms with Gasteiger partial charge in [-0.15, -0.1) is 0 Å². The molecular weight excluding hydrogens is 398 g/mol. The smallest absolute Gasteiger partial charge is 0.336 e. The Morgan fingerprint density at radius 1 is 1.16 bits per heavy atom. The minimum Gasteiger partial charge on any atom is -0.495 e. The Balaban J connectivity index is 1.48. The van der Waals surface area contributed by atoms with E-state index in [0.29, 0.717) is 22.6 Å². The van der Waals surface area contributed by atoms with Crippen LogP contribution in [0.3, 0.4) is 0 Å². The van der Waals surface area contributed by atoms with Crippen LogP contribution in [0.1, 0.15) is 24.5 Å². The molecule has 1 atom stereocenters. The monoisotopic (exact) mass is 421 g/mol. The van der Waals surface area contributed by atoms with Crippen molar-refractivity contribution in [1.29, 1.82) is 0 Å². The molecule has 1 amide bonds. The minimum atomic E-state index is -0.588. The molecule has 1 saturated heterocycles. The van der Waals surface area contributed by atoms with Crippen LogP contribution in [0, 0.1) is 5.92 Å². The summed E-state index contributed by atoms with van der Waals surface area (Å²) in [6, 6.07) is 14.2. The number of methoxy groups -OCH3 is 1. The SMILES string of the molecule is CCc1ccc2c(COC(=O)[C@@H]3CC(=O)N(c4ccccc4OC)C3)cc(=O)oc2c1.